The Hall–Kier alpha value is -0.610. The van der Waals surface area contributed by atoms with Crippen LogP contribution in [0, 0.1) is 0 Å². The highest BCUT2D eigenvalue weighted by molar-refractivity contribution is 5.75. The summed E-state index contributed by atoms with van der Waals surface area (Å²) in [6.07, 6.45) is 1.42. The highest BCUT2D eigenvalue weighted by Gasteiger charge is 2.45. The maximum absolute atomic E-state index is 11.0. The fourth-order valence-corrected chi connectivity index (χ4v) is 1.46. The molecule has 0 saturated carbocycles. The van der Waals surface area contributed by atoms with E-state index in [1.807, 2.05) is 0 Å². The van der Waals surface area contributed by atoms with E-state index >= 15 is 0 Å². The Morgan fingerprint density at radius 3 is 3.09 bits per heavy atom. The maximum atomic E-state index is 11.0. The topological polar surface area (TPSA) is 50.9 Å². The van der Waals surface area contributed by atoms with Crippen molar-refractivity contribution in [2.45, 2.75) is 24.7 Å². The van der Waals surface area contributed by atoms with Crippen LogP contribution in [-0.2, 0) is 14.3 Å². The summed E-state index contributed by atoms with van der Waals surface area (Å²) < 4.78 is 9.83. The molecule has 2 fully saturated rings. The lowest BCUT2D eigenvalue weighted by Crippen LogP contribution is -2.44. The van der Waals surface area contributed by atoms with Crippen molar-refractivity contribution in [2.75, 3.05) is 13.7 Å². The van der Waals surface area contributed by atoms with Crippen LogP contribution < -0.4 is 5.32 Å². The zero-order chi connectivity index (χ0) is 7.84. The largest absolute Gasteiger partial charge is 0.468 e. The van der Waals surface area contributed by atoms with E-state index in [2.05, 4.69) is 10.1 Å². The van der Waals surface area contributed by atoms with Crippen molar-refractivity contribution in [3.8, 4) is 0 Å². The van der Waals surface area contributed by atoms with Crippen LogP contribution in [0.3, 0.4) is 0 Å². The molecule has 62 valence electrons. The van der Waals surface area contributed by atoms with Crippen molar-refractivity contribution in [1.82, 2.24) is 5.32 Å². The molecule has 0 aliphatic carbocycles. The molecule has 2 aliphatic rings. The fourth-order valence-electron chi connectivity index (χ4n) is 1.46. The molecular weight excluding hydrogens is 146 g/mol. The molecule has 4 nitrogen and oxygen atoms in total. The molecule has 2 rings (SSSR count). The summed E-state index contributed by atoms with van der Waals surface area (Å²) in [5, 5.41) is 3.06. The van der Waals surface area contributed by atoms with Gasteiger partial charge in [-0.3, -0.25) is 4.79 Å². The summed E-state index contributed by atoms with van der Waals surface area (Å²) in [7, 11) is 1.41. The van der Waals surface area contributed by atoms with Gasteiger partial charge in [0.2, 0.25) is 0 Å². The van der Waals surface area contributed by atoms with E-state index in [-0.39, 0.29) is 12.0 Å². The number of esters is 1. The third-order valence-electron chi connectivity index (χ3n) is 2.21. The summed E-state index contributed by atoms with van der Waals surface area (Å²) in [5.74, 6) is -0.182. The normalized spacial score (nSPS) is 41.0. The van der Waals surface area contributed by atoms with E-state index in [0.29, 0.717) is 12.2 Å². The molecular formula is C7H11NO3. The summed E-state index contributed by atoms with van der Waals surface area (Å²) in [4.78, 5) is 11.0. The third kappa shape index (κ3) is 1.23. The first-order valence-corrected chi connectivity index (χ1v) is 3.78. The van der Waals surface area contributed by atoms with Crippen molar-refractivity contribution >= 4 is 5.97 Å². The number of piperidine rings is 1. The molecule has 0 aromatic rings. The molecule has 2 aliphatic heterocycles. The third-order valence-corrected chi connectivity index (χ3v) is 2.21. The number of nitrogens with one attached hydrogen (secondary N) is 1. The van der Waals surface area contributed by atoms with Gasteiger partial charge in [-0.25, -0.2) is 0 Å². The summed E-state index contributed by atoms with van der Waals surface area (Å²) in [6, 6.07) is -0.149. The lowest BCUT2D eigenvalue weighted by atomic mass is 10.1. The highest BCUT2D eigenvalue weighted by Crippen LogP contribution is 2.29. The number of epoxide rings is 1. The van der Waals surface area contributed by atoms with Gasteiger partial charge in [-0.05, 0) is 0 Å². The molecule has 0 spiro atoms. The first-order valence-electron chi connectivity index (χ1n) is 3.78. The standard InChI is InChI=1S/C7H11NO3/c1-10-7(9)4-2-5-6(11-5)3-8-4/h4-6,8H,2-3H2,1H3. The fraction of sp³-hybridized carbons (Fsp3) is 0.857. The second-order valence-corrected chi connectivity index (χ2v) is 2.93. The summed E-state index contributed by atoms with van der Waals surface area (Å²) in [5.41, 5.74) is 0. The van der Waals surface area contributed by atoms with Crippen LogP contribution in [0.4, 0.5) is 0 Å². The molecule has 4 heteroatoms. The van der Waals surface area contributed by atoms with Crippen LogP contribution in [0.2, 0.25) is 0 Å². The number of hydrogen-bond donors (Lipinski definition) is 1. The Labute approximate surface area is 64.9 Å². The summed E-state index contributed by atoms with van der Waals surface area (Å²) in [6.45, 7) is 0.782. The van der Waals surface area contributed by atoms with Crippen molar-refractivity contribution in [3.63, 3.8) is 0 Å². The van der Waals surface area contributed by atoms with E-state index in [9.17, 15) is 4.79 Å². The Kier molecular flexibility index (Phi) is 1.58. The monoisotopic (exact) mass is 157 g/mol. The second kappa shape index (κ2) is 2.46. The van der Waals surface area contributed by atoms with Gasteiger partial charge in [0.15, 0.2) is 0 Å². The number of rotatable bonds is 1. The van der Waals surface area contributed by atoms with E-state index < -0.39 is 0 Å². The lowest BCUT2D eigenvalue weighted by Gasteiger charge is -2.17. The minimum Gasteiger partial charge on any atom is -0.468 e. The molecule has 2 saturated heterocycles. The zero-order valence-corrected chi connectivity index (χ0v) is 6.37. The molecule has 1 N–H and O–H groups in total. The number of carbonyl (C=O) groups is 1. The molecule has 3 unspecified atom stereocenters. The average Bonchev–Trinajstić information content (AvgIpc) is 2.80. The van der Waals surface area contributed by atoms with Crippen LogP contribution in [0.1, 0.15) is 6.42 Å². The molecule has 0 amide bonds. The van der Waals surface area contributed by atoms with Gasteiger partial charge in [0.25, 0.3) is 0 Å². The van der Waals surface area contributed by atoms with Crippen LogP contribution in [0.15, 0.2) is 0 Å². The van der Waals surface area contributed by atoms with Gasteiger partial charge in [0, 0.05) is 13.0 Å². The molecule has 3 atom stereocenters. The van der Waals surface area contributed by atoms with Crippen LogP contribution in [-0.4, -0.2) is 37.9 Å². The van der Waals surface area contributed by atoms with Crippen molar-refractivity contribution < 1.29 is 14.3 Å². The molecule has 0 aromatic carbocycles. The van der Waals surface area contributed by atoms with E-state index in [0.717, 1.165) is 13.0 Å². The Morgan fingerprint density at radius 2 is 2.45 bits per heavy atom. The molecule has 2 heterocycles. The van der Waals surface area contributed by atoms with Crippen LogP contribution in [0.5, 0.6) is 0 Å². The quantitative estimate of drug-likeness (QED) is 0.403. The Balaban J connectivity index is 1.89. The smallest absolute Gasteiger partial charge is 0.322 e. The Bertz CT molecular complexity index is 183. The van der Waals surface area contributed by atoms with E-state index in [1.54, 1.807) is 0 Å². The van der Waals surface area contributed by atoms with Gasteiger partial charge in [-0.2, -0.15) is 0 Å². The summed E-state index contributed by atoms with van der Waals surface area (Å²) >= 11 is 0. The minimum atomic E-state index is -0.182. The molecule has 0 radical (unpaired) electrons. The molecule has 0 aromatic heterocycles. The van der Waals surface area contributed by atoms with Crippen LogP contribution >= 0.6 is 0 Å². The lowest BCUT2D eigenvalue weighted by molar-refractivity contribution is -0.143. The van der Waals surface area contributed by atoms with Gasteiger partial charge in [0.05, 0.1) is 19.3 Å². The average molecular weight is 157 g/mol. The van der Waals surface area contributed by atoms with Gasteiger partial charge >= 0.3 is 5.97 Å². The van der Waals surface area contributed by atoms with Crippen molar-refractivity contribution in [1.29, 1.82) is 0 Å². The zero-order valence-electron chi connectivity index (χ0n) is 6.37. The van der Waals surface area contributed by atoms with Crippen LogP contribution in [0.25, 0.3) is 0 Å². The van der Waals surface area contributed by atoms with Gasteiger partial charge < -0.3 is 14.8 Å². The van der Waals surface area contributed by atoms with E-state index in [1.165, 1.54) is 7.11 Å². The Morgan fingerprint density at radius 1 is 1.64 bits per heavy atom. The minimum absolute atomic E-state index is 0.149. The predicted molar refractivity (Wildman–Crippen MR) is 37.1 cm³/mol. The van der Waals surface area contributed by atoms with Gasteiger partial charge in [0.1, 0.15) is 6.04 Å². The predicted octanol–water partition coefficient (Wildman–Crippen LogP) is -0.711. The number of methoxy groups -OCH3 is 1. The van der Waals surface area contributed by atoms with Crippen molar-refractivity contribution in [3.05, 3.63) is 0 Å². The number of hydrogen-bond acceptors (Lipinski definition) is 4. The van der Waals surface area contributed by atoms with Gasteiger partial charge in [-0.15, -0.1) is 0 Å². The SMILES string of the molecule is COC(=O)C1CC2OC2CN1. The second-order valence-electron chi connectivity index (χ2n) is 2.93. The van der Waals surface area contributed by atoms with E-state index in [4.69, 9.17) is 4.74 Å². The first-order chi connectivity index (χ1) is 5.31. The number of ether oxygens (including phenoxy) is 2. The van der Waals surface area contributed by atoms with Crippen molar-refractivity contribution in [2.24, 2.45) is 0 Å². The molecule has 11 heavy (non-hydrogen) atoms. The molecule has 0 bridgehead atoms. The highest BCUT2D eigenvalue weighted by atomic mass is 16.6. The number of fused-ring (bicyclic) bond motifs is 1. The maximum Gasteiger partial charge on any atom is 0.322 e. The number of carbonyl (C=O) groups excluding carboxylic acids is 1. The van der Waals surface area contributed by atoms with Gasteiger partial charge in [-0.1, -0.05) is 0 Å². The first kappa shape index (κ1) is 7.06.